The second kappa shape index (κ2) is 20.9. The fourth-order valence-electron chi connectivity index (χ4n) is 11.5. The summed E-state index contributed by atoms with van der Waals surface area (Å²) in [6.45, 7) is 33.1. The van der Waals surface area contributed by atoms with Gasteiger partial charge >= 0.3 is 0 Å². The number of unbranched alkanes of at least 4 members (excludes halogenated alkanes) is 6. The first-order valence-corrected chi connectivity index (χ1v) is 28.8. The predicted octanol–water partition coefficient (Wildman–Crippen LogP) is 17.4. The van der Waals surface area contributed by atoms with Gasteiger partial charge in [-0.05, 0) is 139 Å². The summed E-state index contributed by atoms with van der Waals surface area (Å²) in [7, 11) is -4.31. The third kappa shape index (κ3) is 9.60. The molecule has 0 spiro atoms. The van der Waals surface area contributed by atoms with Crippen molar-refractivity contribution in [2.24, 2.45) is 0 Å². The molecule has 5 aromatic rings. The summed E-state index contributed by atoms with van der Waals surface area (Å²) in [5, 5.41) is 30.0. The first-order chi connectivity index (χ1) is 29.5. The Morgan fingerprint density at radius 2 is 0.726 bits per heavy atom. The zero-order valence-electron chi connectivity index (χ0n) is 41.0. The van der Waals surface area contributed by atoms with Gasteiger partial charge in [0.05, 0.1) is 23.3 Å². The highest BCUT2D eigenvalue weighted by Gasteiger charge is 2.43. The molecule has 5 rings (SSSR count). The predicted molar refractivity (Wildman–Crippen MR) is 277 cm³/mol. The van der Waals surface area contributed by atoms with E-state index in [-0.39, 0.29) is 0 Å². The van der Waals surface area contributed by atoms with Gasteiger partial charge in [-0.2, -0.15) is 10.5 Å². The molecule has 0 aliphatic rings. The van der Waals surface area contributed by atoms with Crippen LogP contribution in [0.15, 0.2) is 48.5 Å². The summed E-state index contributed by atoms with van der Waals surface area (Å²) in [5.74, 6) is 8.01. The Hall–Kier alpha value is -4.33. The normalized spacial score (nSPS) is 12.3. The second-order valence-electron chi connectivity index (χ2n) is 20.4. The lowest BCUT2D eigenvalue weighted by Crippen LogP contribution is -2.43. The molecule has 0 unspecified atom stereocenters. The molecule has 2 nitrogen and oxygen atoms in total. The highest BCUT2D eigenvalue weighted by Crippen LogP contribution is 2.44. The molecule has 0 fully saturated rings. The molecule has 0 bridgehead atoms. The van der Waals surface area contributed by atoms with Crippen molar-refractivity contribution in [3.63, 3.8) is 0 Å². The molecule has 0 aliphatic carbocycles. The van der Waals surface area contributed by atoms with Crippen LogP contribution in [0.4, 0.5) is 0 Å². The summed E-state index contributed by atoms with van der Waals surface area (Å²) in [6, 6.07) is 23.4. The highest BCUT2D eigenvalue weighted by molar-refractivity contribution is 6.91. The van der Waals surface area contributed by atoms with Gasteiger partial charge in [-0.3, -0.25) is 0 Å². The Kier molecular flexibility index (Phi) is 16.4. The molecular weight excluding hydrogens is 781 g/mol. The van der Waals surface area contributed by atoms with Crippen molar-refractivity contribution >= 4 is 59.2 Å². The molecule has 0 amide bonds. The Morgan fingerprint density at radius 1 is 0.403 bits per heavy atom. The number of hydrogen-bond acceptors (Lipinski definition) is 2. The van der Waals surface area contributed by atoms with Crippen molar-refractivity contribution < 1.29 is 0 Å². The molecule has 0 N–H and O–H groups in total. The van der Waals surface area contributed by atoms with E-state index in [4.69, 9.17) is 0 Å². The summed E-state index contributed by atoms with van der Waals surface area (Å²) in [5.41, 5.74) is 17.1. The smallest absolute Gasteiger partial charge is 0.146 e. The van der Waals surface area contributed by atoms with Gasteiger partial charge in [0.15, 0.2) is 0 Å². The van der Waals surface area contributed by atoms with Gasteiger partial charge in [0.1, 0.15) is 16.1 Å². The quantitative estimate of drug-likeness (QED) is 0.0429. The van der Waals surface area contributed by atoms with Crippen LogP contribution in [0.3, 0.4) is 0 Å². The minimum Gasteiger partial charge on any atom is -0.192 e. The van der Waals surface area contributed by atoms with Crippen molar-refractivity contribution in [3.05, 3.63) is 81.9 Å². The summed E-state index contributed by atoms with van der Waals surface area (Å²) < 4.78 is 0. The zero-order valence-corrected chi connectivity index (χ0v) is 43.0. The van der Waals surface area contributed by atoms with Crippen molar-refractivity contribution in [3.8, 4) is 35.1 Å². The monoisotopic (exact) mass is 857 g/mol. The fraction of sp³-hybridized carbons (Fsp3) is 0.517. The van der Waals surface area contributed by atoms with E-state index in [0.717, 1.165) is 91.0 Å². The summed E-state index contributed by atoms with van der Waals surface area (Å²) in [4.78, 5) is 0. The average Bonchev–Trinajstić information content (AvgIpc) is 3.22. The van der Waals surface area contributed by atoms with E-state index in [0.29, 0.717) is 33.2 Å². The van der Waals surface area contributed by atoms with Crippen molar-refractivity contribution in [2.45, 2.75) is 194 Å². The largest absolute Gasteiger partial charge is 0.192 e. The lowest BCUT2D eigenvalue weighted by atomic mass is 9.86. The summed E-state index contributed by atoms with van der Waals surface area (Å²) in [6.07, 6.45) is 11.4. The van der Waals surface area contributed by atoms with Crippen LogP contribution >= 0.6 is 0 Å². The minimum atomic E-state index is -2.15. The Balaban J connectivity index is 2.06. The molecule has 326 valence electrons. The molecule has 0 radical (unpaired) electrons. The molecule has 62 heavy (non-hydrogen) atoms. The van der Waals surface area contributed by atoms with E-state index >= 15 is 0 Å². The number of hydrogen-bond donors (Lipinski definition) is 0. The molecule has 4 heteroatoms. The van der Waals surface area contributed by atoms with E-state index in [9.17, 15) is 10.5 Å². The topological polar surface area (TPSA) is 47.6 Å². The number of nitrogens with zero attached hydrogens (tertiary/aromatic N) is 2. The van der Waals surface area contributed by atoms with E-state index in [1.165, 1.54) is 49.7 Å². The van der Waals surface area contributed by atoms with E-state index in [2.05, 4.69) is 181 Å². The van der Waals surface area contributed by atoms with Crippen molar-refractivity contribution in [2.75, 3.05) is 0 Å². The minimum absolute atomic E-state index is 0.481. The average molecular weight is 857 g/mol. The molecule has 0 aromatic heterocycles. The van der Waals surface area contributed by atoms with Crippen LogP contribution < -0.4 is 0 Å². The third-order valence-electron chi connectivity index (χ3n) is 14.8. The fourth-order valence-corrected chi connectivity index (χ4v) is 21.9. The van der Waals surface area contributed by atoms with Gasteiger partial charge in [0, 0.05) is 21.9 Å². The lowest BCUT2D eigenvalue weighted by molar-refractivity contribution is 0.667. The molecule has 0 saturated carbocycles. The highest BCUT2D eigenvalue weighted by atomic mass is 28.3. The second-order valence-corrected chi connectivity index (χ2v) is 31.6. The van der Waals surface area contributed by atoms with Crippen molar-refractivity contribution in [1.29, 1.82) is 10.5 Å². The maximum absolute atomic E-state index is 10.7. The van der Waals surface area contributed by atoms with Gasteiger partial charge in [-0.1, -0.05) is 159 Å². The van der Waals surface area contributed by atoms with E-state index in [1.54, 1.807) is 0 Å². The first-order valence-electron chi connectivity index (χ1n) is 24.3. The maximum Gasteiger partial charge on any atom is 0.146 e. The van der Waals surface area contributed by atoms with Crippen LogP contribution in [-0.4, -0.2) is 16.1 Å². The Morgan fingerprint density at radius 3 is 1.02 bits per heavy atom. The maximum atomic E-state index is 10.7. The van der Waals surface area contributed by atoms with Gasteiger partial charge in [0.25, 0.3) is 0 Å². The van der Waals surface area contributed by atoms with Crippen LogP contribution in [0.2, 0.25) is 33.2 Å². The molecule has 0 atom stereocenters. The van der Waals surface area contributed by atoms with Gasteiger partial charge < -0.3 is 0 Å². The molecule has 0 saturated heterocycles. The van der Waals surface area contributed by atoms with Crippen LogP contribution in [0, 0.1) is 45.6 Å². The standard InChI is InChI=1S/C58H76N2Si2/c1-15-17-19-21-23-45-29-47-33-55-51(25-27-61(39(3)4,40(5)6)41(7)8)58-36-54-48(30-46(32-50(54)38-60)24-22-20-18-16-2)34-56(58)52(57(55)35-53(47)49(31-45)37-59)26-28-62(42(9)10,43(11)12)44(13)14/h29-36,39-44H,15-24H2,1-14H3. The molecule has 0 aliphatic heterocycles. The number of benzene rings is 5. The number of fused-ring (bicyclic) bond motifs is 4. The zero-order chi connectivity index (χ0) is 45.5. The molecular formula is C58H76N2Si2. The number of nitriles is 2. The van der Waals surface area contributed by atoms with Gasteiger partial charge in [0.2, 0.25) is 0 Å². The first kappa shape index (κ1) is 48.7. The SMILES string of the molecule is CCCCCCc1cc(C#N)c2cc3c(C#C[Si](C(C)C)(C(C)C)C(C)C)c4cc5cc(CCCCCC)cc(C#N)c5cc4c(C#C[Si](C(C)C)(C(C)C)C(C)C)c3cc2c1. The van der Waals surface area contributed by atoms with Crippen LogP contribution in [0.1, 0.15) is 182 Å². The molecule has 0 heterocycles. The Bertz CT molecular complexity index is 2390. The Labute approximate surface area is 379 Å². The third-order valence-corrected chi connectivity index (χ3v) is 27.4. The molecule has 5 aromatic carbocycles. The number of rotatable bonds is 16. The van der Waals surface area contributed by atoms with Crippen LogP contribution in [0.25, 0.3) is 43.1 Å². The van der Waals surface area contributed by atoms with E-state index in [1.807, 2.05) is 0 Å². The van der Waals surface area contributed by atoms with Crippen LogP contribution in [0.5, 0.6) is 0 Å². The number of aryl methyl sites for hydroxylation is 2. The van der Waals surface area contributed by atoms with Gasteiger partial charge in [-0.15, -0.1) is 11.1 Å². The van der Waals surface area contributed by atoms with Crippen molar-refractivity contribution in [1.82, 2.24) is 0 Å². The van der Waals surface area contributed by atoms with E-state index < -0.39 is 16.1 Å². The lowest BCUT2D eigenvalue weighted by Gasteiger charge is -2.38. The summed E-state index contributed by atoms with van der Waals surface area (Å²) >= 11 is 0. The van der Waals surface area contributed by atoms with Gasteiger partial charge in [-0.25, -0.2) is 0 Å². The van der Waals surface area contributed by atoms with Crippen LogP contribution in [-0.2, 0) is 12.8 Å².